The largest absolute Gasteiger partial charge is 0.436 e. The van der Waals surface area contributed by atoms with Gasteiger partial charge in [0.05, 0.1) is 11.7 Å². The molecule has 1 atom stereocenters. The SMILES string of the molecule is Cc1cc(C[C@@H](OC(=O)NC(C)(C)C)C(=O)N2CCN(C3CCN(C)CC3)CC2)cc2cn[nH]c12. The van der Waals surface area contributed by atoms with Gasteiger partial charge in [-0.25, -0.2) is 4.79 Å². The van der Waals surface area contributed by atoms with Gasteiger partial charge in [-0.3, -0.25) is 14.8 Å². The summed E-state index contributed by atoms with van der Waals surface area (Å²) in [7, 11) is 2.18. The van der Waals surface area contributed by atoms with Crippen molar-refractivity contribution >= 4 is 22.9 Å². The van der Waals surface area contributed by atoms with E-state index < -0.39 is 17.7 Å². The third kappa shape index (κ3) is 6.52. The van der Waals surface area contributed by atoms with Crippen LogP contribution in [-0.2, 0) is 16.0 Å². The molecule has 2 amide bonds. The molecule has 0 unspecified atom stereocenters. The smallest absolute Gasteiger partial charge is 0.408 e. The maximum absolute atomic E-state index is 13.6. The van der Waals surface area contributed by atoms with Gasteiger partial charge < -0.3 is 19.9 Å². The number of likely N-dealkylation sites (tertiary alicyclic amines) is 1. The lowest BCUT2D eigenvalue weighted by molar-refractivity contribution is -0.142. The number of aromatic nitrogens is 2. The molecule has 2 N–H and O–H groups in total. The van der Waals surface area contributed by atoms with Crippen molar-refractivity contribution in [2.24, 2.45) is 0 Å². The molecular weight excluding hydrogens is 444 g/mol. The molecule has 1 aromatic heterocycles. The Balaban J connectivity index is 1.44. The molecular formula is C26H40N6O3. The van der Waals surface area contributed by atoms with Gasteiger partial charge in [-0.15, -0.1) is 0 Å². The first-order chi connectivity index (χ1) is 16.6. The number of alkyl carbamates (subject to hydrolysis) is 1. The number of hydrogen-bond acceptors (Lipinski definition) is 6. The Kier molecular flexibility index (Phi) is 7.66. The number of aromatic amines is 1. The standard InChI is InChI=1S/C26H40N6O3/c1-18-14-19(15-20-17-27-29-23(18)20)16-22(35-25(34)28-26(2,3)4)24(33)32-12-10-31(11-13-32)21-6-8-30(5)9-7-21/h14-15,17,21-22H,6-13,16H2,1-5H3,(H,27,29)(H,28,34)/t22-/m1/s1. The van der Waals surface area contributed by atoms with Gasteiger partial charge in [0, 0.05) is 49.6 Å². The first-order valence-electron chi connectivity index (χ1n) is 12.7. The molecule has 4 rings (SSSR count). The van der Waals surface area contributed by atoms with E-state index in [0.717, 1.165) is 48.2 Å². The first-order valence-corrected chi connectivity index (χ1v) is 12.7. The molecule has 0 saturated carbocycles. The zero-order valence-electron chi connectivity index (χ0n) is 21.8. The Morgan fingerprint density at radius 2 is 1.83 bits per heavy atom. The van der Waals surface area contributed by atoms with Crippen molar-refractivity contribution in [2.75, 3.05) is 46.3 Å². The van der Waals surface area contributed by atoms with Crippen LogP contribution in [0.4, 0.5) is 4.79 Å². The van der Waals surface area contributed by atoms with Crippen LogP contribution in [0.1, 0.15) is 44.7 Å². The zero-order chi connectivity index (χ0) is 25.2. The van der Waals surface area contributed by atoms with Crippen LogP contribution in [0.2, 0.25) is 0 Å². The molecule has 0 bridgehead atoms. The summed E-state index contributed by atoms with van der Waals surface area (Å²) < 4.78 is 5.75. The zero-order valence-corrected chi connectivity index (χ0v) is 21.8. The van der Waals surface area contributed by atoms with E-state index in [1.807, 2.05) is 44.7 Å². The number of benzene rings is 1. The Hall–Kier alpha value is -2.65. The number of fused-ring (bicyclic) bond motifs is 1. The molecule has 9 heteroatoms. The van der Waals surface area contributed by atoms with Crippen molar-refractivity contribution in [2.45, 2.75) is 64.6 Å². The van der Waals surface area contributed by atoms with E-state index in [4.69, 9.17) is 4.74 Å². The summed E-state index contributed by atoms with van der Waals surface area (Å²) in [5.41, 5.74) is 2.53. The molecule has 2 aromatic rings. The number of carbonyl (C=O) groups excluding carboxylic acids is 2. The van der Waals surface area contributed by atoms with Crippen LogP contribution in [0.3, 0.4) is 0 Å². The normalized spacial score (nSPS) is 19.6. The summed E-state index contributed by atoms with van der Waals surface area (Å²) >= 11 is 0. The van der Waals surface area contributed by atoms with E-state index in [-0.39, 0.29) is 5.91 Å². The molecule has 9 nitrogen and oxygen atoms in total. The minimum atomic E-state index is -0.879. The number of hydrogen-bond donors (Lipinski definition) is 2. The highest BCUT2D eigenvalue weighted by Crippen LogP contribution is 2.22. The molecule has 1 aromatic carbocycles. The number of amides is 2. The lowest BCUT2D eigenvalue weighted by atomic mass is 10.0. The quantitative estimate of drug-likeness (QED) is 0.678. The molecule has 2 aliphatic heterocycles. The van der Waals surface area contributed by atoms with Crippen LogP contribution in [0.25, 0.3) is 10.9 Å². The maximum atomic E-state index is 13.6. The van der Waals surface area contributed by atoms with Crippen molar-refractivity contribution in [1.82, 2.24) is 30.2 Å². The number of carbonyl (C=O) groups is 2. The molecule has 0 spiro atoms. The van der Waals surface area contributed by atoms with Crippen LogP contribution < -0.4 is 5.32 Å². The van der Waals surface area contributed by atoms with Gasteiger partial charge in [0.15, 0.2) is 6.10 Å². The Morgan fingerprint density at radius 1 is 1.14 bits per heavy atom. The van der Waals surface area contributed by atoms with Crippen LogP contribution in [0.15, 0.2) is 18.3 Å². The monoisotopic (exact) mass is 484 g/mol. The van der Waals surface area contributed by atoms with E-state index >= 15 is 0 Å². The first kappa shape index (κ1) is 25.4. The van der Waals surface area contributed by atoms with Crippen molar-refractivity contribution in [3.8, 4) is 0 Å². The Morgan fingerprint density at radius 3 is 2.49 bits per heavy atom. The van der Waals surface area contributed by atoms with E-state index in [1.165, 1.54) is 12.8 Å². The van der Waals surface area contributed by atoms with Crippen LogP contribution in [-0.4, -0.2) is 101 Å². The molecule has 3 heterocycles. The number of aryl methyl sites for hydroxylation is 1. The van der Waals surface area contributed by atoms with Gasteiger partial charge in [-0.1, -0.05) is 6.07 Å². The number of piperazine rings is 1. The van der Waals surface area contributed by atoms with Gasteiger partial charge in [-0.05, 0) is 77.9 Å². The summed E-state index contributed by atoms with van der Waals surface area (Å²) in [4.78, 5) is 33.0. The number of piperidine rings is 1. The average molecular weight is 485 g/mol. The topological polar surface area (TPSA) is 93.8 Å². The number of nitrogens with zero attached hydrogens (tertiary/aromatic N) is 4. The lowest BCUT2D eigenvalue weighted by Gasteiger charge is -2.42. The van der Waals surface area contributed by atoms with Gasteiger partial charge in [-0.2, -0.15) is 5.10 Å². The fraction of sp³-hybridized carbons (Fsp3) is 0.654. The molecule has 2 saturated heterocycles. The number of H-pyrrole nitrogens is 1. The minimum Gasteiger partial charge on any atom is -0.436 e. The molecule has 2 fully saturated rings. The van der Waals surface area contributed by atoms with Crippen LogP contribution in [0.5, 0.6) is 0 Å². The van der Waals surface area contributed by atoms with Gasteiger partial charge in [0.2, 0.25) is 0 Å². The van der Waals surface area contributed by atoms with Gasteiger partial charge in [0.1, 0.15) is 0 Å². The Bertz CT molecular complexity index is 1030. The fourth-order valence-electron chi connectivity index (χ4n) is 5.16. The highest BCUT2D eigenvalue weighted by molar-refractivity contribution is 5.85. The highest BCUT2D eigenvalue weighted by atomic mass is 16.6. The summed E-state index contributed by atoms with van der Waals surface area (Å²) in [5, 5.41) is 10.9. The van der Waals surface area contributed by atoms with E-state index in [1.54, 1.807) is 6.20 Å². The van der Waals surface area contributed by atoms with Crippen LogP contribution in [0, 0.1) is 6.92 Å². The molecule has 35 heavy (non-hydrogen) atoms. The van der Waals surface area contributed by atoms with Gasteiger partial charge in [0.25, 0.3) is 5.91 Å². The van der Waals surface area contributed by atoms with Crippen molar-refractivity contribution in [1.29, 1.82) is 0 Å². The predicted molar refractivity (Wildman–Crippen MR) is 136 cm³/mol. The fourth-order valence-corrected chi connectivity index (χ4v) is 5.16. The van der Waals surface area contributed by atoms with E-state index in [0.29, 0.717) is 25.6 Å². The number of ether oxygens (including phenoxy) is 1. The highest BCUT2D eigenvalue weighted by Gasteiger charge is 2.33. The Labute approximate surface area is 208 Å². The van der Waals surface area contributed by atoms with Crippen molar-refractivity contribution in [3.05, 3.63) is 29.5 Å². The summed E-state index contributed by atoms with van der Waals surface area (Å²) in [6, 6.07) is 4.64. The number of rotatable bonds is 5. The predicted octanol–water partition coefficient (Wildman–Crippen LogP) is 2.55. The summed E-state index contributed by atoms with van der Waals surface area (Å²) in [6.45, 7) is 13.0. The van der Waals surface area contributed by atoms with E-state index in [2.05, 4.69) is 32.4 Å². The third-order valence-corrected chi connectivity index (χ3v) is 7.06. The van der Waals surface area contributed by atoms with Crippen LogP contribution >= 0.6 is 0 Å². The van der Waals surface area contributed by atoms with Crippen molar-refractivity contribution in [3.63, 3.8) is 0 Å². The summed E-state index contributed by atoms with van der Waals surface area (Å²) in [6.07, 6.45) is 3.02. The summed E-state index contributed by atoms with van der Waals surface area (Å²) in [5.74, 6) is -0.123. The van der Waals surface area contributed by atoms with Gasteiger partial charge >= 0.3 is 6.09 Å². The second-order valence-electron chi connectivity index (χ2n) is 11.1. The average Bonchev–Trinajstić information content (AvgIpc) is 3.27. The molecule has 0 radical (unpaired) electrons. The molecule has 192 valence electrons. The molecule has 0 aliphatic carbocycles. The van der Waals surface area contributed by atoms with E-state index in [9.17, 15) is 9.59 Å². The van der Waals surface area contributed by atoms with Crippen molar-refractivity contribution < 1.29 is 14.3 Å². The molecule has 2 aliphatic rings. The minimum absolute atomic E-state index is 0.123. The number of nitrogens with one attached hydrogen (secondary N) is 2. The lowest BCUT2D eigenvalue weighted by Crippen LogP contribution is -2.56. The second-order valence-corrected chi connectivity index (χ2v) is 11.1. The second kappa shape index (κ2) is 10.5. The maximum Gasteiger partial charge on any atom is 0.408 e. The third-order valence-electron chi connectivity index (χ3n) is 7.06.